The lowest BCUT2D eigenvalue weighted by atomic mass is 10.1. The zero-order valence-electron chi connectivity index (χ0n) is 12.3. The number of carbonyl (C=O) groups is 2. The number of likely N-dealkylation sites (tertiary alicyclic amines) is 1. The molecule has 0 spiro atoms. The van der Waals surface area contributed by atoms with Crippen molar-refractivity contribution >= 4 is 11.9 Å². The standard InChI is InChI=1S/C16H20N2O4/c19-15(10-18-6-5-12(9-18)16(20)21)17-8-13-7-11-3-1-2-4-14(11)22-13/h1-4,12-13H,5-10H2,(H,17,19)(H,20,21). The van der Waals surface area contributed by atoms with Gasteiger partial charge in [0.2, 0.25) is 5.91 Å². The van der Waals surface area contributed by atoms with Gasteiger partial charge in [-0.1, -0.05) is 18.2 Å². The van der Waals surface area contributed by atoms with E-state index >= 15 is 0 Å². The summed E-state index contributed by atoms with van der Waals surface area (Å²) in [6.07, 6.45) is 1.40. The highest BCUT2D eigenvalue weighted by Crippen LogP contribution is 2.27. The predicted molar refractivity (Wildman–Crippen MR) is 79.8 cm³/mol. The van der Waals surface area contributed by atoms with Gasteiger partial charge in [-0.2, -0.15) is 0 Å². The topological polar surface area (TPSA) is 78.9 Å². The maximum Gasteiger partial charge on any atom is 0.307 e. The molecule has 1 saturated heterocycles. The number of ether oxygens (including phenoxy) is 1. The van der Waals surface area contributed by atoms with Gasteiger partial charge < -0.3 is 15.2 Å². The molecule has 2 N–H and O–H groups in total. The highest BCUT2D eigenvalue weighted by atomic mass is 16.5. The molecule has 2 atom stereocenters. The molecule has 1 aromatic rings. The summed E-state index contributed by atoms with van der Waals surface area (Å²) in [6.45, 7) is 1.84. The first-order chi connectivity index (χ1) is 10.6. The Morgan fingerprint density at radius 3 is 2.91 bits per heavy atom. The molecule has 2 unspecified atom stereocenters. The van der Waals surface area contributed by atoms with Crippen LogP contribution in [-0.2, 0) is 16.0 Å². The van der Waals surface area contributed by atoms with Gasteiger partial charge in [0.15, 0.2) is 0 Å². The number of carboxylic acid groups (broad SMARTS) is 1. The molecule has 2 aliphatic heterocycles. The van der Waals surface area contributed by atoms with Crippen molar-refractivity contribution in [1.82, 2.24) is 10.2 Å². The summed E-state index contributed by atoms with van der Waals surface area (Å²) in [5, 5.41) is 11.8. The Morgan fingerprint density at radius 2 is 2.18 bits per heavy atom. The number of nitrogens with one attached hydrogen (secondary N) is 1. The van der Waals surface area contributed by atoms with Crippen molar-refractivity contribution < 1.29 is 19.4 Å². The molecule has 6 heteroatoms. The Morgan fingerprint density at radius 1 is 1.36 bits per heavy atom. The summed E-state index contributed by atoms with van der Waals surface area (Å²) in [5.41, 5.74) is 1.17. The Hall–Kier alpha value is -2.08. The van der Waals surface area contributed by atoms with Crippen molar-refractivity contribution in [2.24, 2.45) is 5.92 Å². The van der Waals surface area contributed by atoms with Crippen molar-refractivity contribution in [3.63, 3.8) is 0 Å². The molecule has 6 nitrogen and oxygen atoms in total. The SMILES string of the molecule is O=C(CN1CCC(C(=O)O)C1)NCC1Cc2ccccc2O1. The zero-order chi connectivity index (χ0) is 15.5. The molecule has 0 saturated carbocycles. The minimum Gasteiger partial charge on any atom is -0.488 e. The summed E-state index contributed by atoms with van der Waals surface area (Å²) < 4.78 is 5.77. The summed E-state index contributed by atoms with van der Waals surface area (Å²) >= 11 is 0. The van der Waals surface area contributed by atoms with E-state index in [9.17, 15) is 9.59 Å². The van der Waals surface area contributed by atoms with Crippen molar-refractivity contribution in [3.8, 4) is 5.75 Å². The van der Waals surface area contributed by atoms with Gasteiger partial charge >= 0.3 is 5.97 Å². The average Bonchev–Trinajstić information content (AvgIpc) is 3.11. The highest BCUT2D eigenvalue weighted by Gasteiger charge is 2.29. The first-order valence-corrected chi connectivity index (χ1v) is 7.58. The molecule has 0 aliphatic carbocycles. The predicted octanol–water partition coefficient (Wildman–Crippen LogP) is 0.513. The third-order valence-electron chi connectivity index (χ3n) is 4.23. The van der Waals surface area contributed by atoms with Gasteiger partial charge in [0.25, 0.3) is 0 Å². The minimum atomic E-state index is -0.778. The van der Waals surface area contributed by atoms with Crippen LogP contribution in [0.4, 0.5) is 0 Å². The van der Waals surface area contributed by atoms with E-state index in [2.05, 4.69) is 5.32 Å². The number of nitrogens with zero attached hydrogens (tertiary/aromatic N) is 1. The van der Waals surface area contributed by atoms with Crippen LogP contribution >= 0.6 is 0 Å². The quantitative estimate of drug-likeness (QED) is 0.829. The van der Waals surface area contributed by atoms with Crippen LogP contribution in [0, 0.1) is 5.92 Å². The number of amides is 1. The number of aliphatic carboxylic acids is 1. The van der Waals surface area contributed by atoms with Crippen molar-refractivity contribution in [3.05, 3.63) is 29.8 Å². The van der Waals surface area contributed by atoms with Gasteiger partial charge in [0.1, 0.15) is 11.9 Å². The summed E-state index contributed by atoms with van der Waals surface area (Å²) in [6, 6.07) is 7.89. The normalized spacial score (nSPS) is 23.8. The lowest BCUT2D eigenvalue weighted by Gasteiger charge is -2.16. The van der Waals surface area contributed by atoms with Gasteiger partial charge in [0.05, 0.1) is 19.0 Å². The zero-order valence-corrected chi connectivity index (χ0v) is 12.3. The van der Waals surface area contributed by atoms with Crippen LogP contribution in [0.2, 0.25) is 0 Å². The van der Waals surface area contributed by atoms with E-state index < -0.39 is 5.97 Å². The van der Waals surface area contributed by atoms with E-state index in [1.165, 1.54) is 5.56 Å². The number of carbonyl (C=O) groups excluding carboxylic acids is 1. The van der Waals surface area contributed by atoms with Crippen LogP contribution in [0.5, 0.6) is 5.75 Å². The fourth-order valence-electron chi connectivity index (χ4n) is 3.03. The van der Waals surface area contributed by atoms with E-state index in [0.717, 1.165) is 12.2 Å². The molecule has 2 heterocycles. The molecule has 118 valence electrons. The van der Waals surface area contributed by atoms with Gasteiger partial charge in [-0.25, -0.2) is 0 Å². The van der Waals surface area contributed by atoms with Crippen molar-refractivity contribution in [1.29, 1.82) is 0 Å². The van der Waals surface area contributed by atoms with E-state index in [-0.39, 0.29) is 24.5 Å². The Labute approximate surface area is 129 Å². The maximum atomic E-state index is 11.9. The number of hydrogen-bond donors (Lipinski definition) is 2. The smallest absolute Gasteiger partial charge is 0.307 e. The molecule has 22 heavy (non-hydrogen) atoms. The third kappa shape index (κ3) is 3.39. The van der Waals surface area contributed by atoms with Crippen LogP contribution in [0.25, 0.3) is 0 Å². The van der Waals surface area contributed by atoms with Crippen molar-refractivity contribution in [2.75, 3.05) is 26.2 Å². The number of para-hydroxylation sites is 1. The number of carboxylic acids is 1. The second-order valence-corrected chi connectivity index (χ2v) is 5.91. The lowest BCUT2D eigenvalue weighted by Crippen LogP contribution is -2.40. The van der Waals surface area contributed by atoms with Crippen LogP contribution in [0.15, 0.2) is 24.3 Å². The minimum absolute atomic E-state index is 0.0216. The van der Waals surface area contributed by atoms with E-state index in [0.29, 0.717) is 26.1 Å². The molecule has 0 aromatic heterocycles. The largest absolute Gasteiger partial charge is 0.488 e. The molecule has 2 aliphatic rings. The second kappa shape index (κ2) is 6.36. The van der Waals surface area contributed by atoms with Gasteiger partial charge in [-0.3, -0.25) is 14.5 Å². The molecular formula is C16H20N2O4. The van der Waals surface area contributed by atoms with Crippen molar-refractivity contribution in [2.45, 2.75) is 18.9 Å². The summed E-state index contributed by atoms with van der Waals surface area (Å²) in [4.78, 5) is 24.7. The molecule has 1 amide bonds. The summed E-state index contributed by atoms with van der Waals surface area (Å²) in [5.74, 6) is -0.309. The molecule has 0 bridgehead atoms. The molecule has 0 radical (unpaired) electrons. The number of fused-ring (bicyclic) bond motifs is 1. The Bertz CT molecular complexity index is 550. The fourth-order valence-corrected chi connectivity index (χ4v) is 3.03. The van der Waals surface area contributed by atoms with Crippen LogP contribution in [-0.4, -0.2) is 54.2 Å². The number of rotatable bonds is 5. The lowest BCUT2D eigenvalue weighted by molar-refractivity contribution is -0.141. The molecule has 3 rings (SSSR count). The van der Waals surface area contributed by atoms with E-state index in [1.54, 1.807) is 0 Å². The molecular weight excluding hydrogens is 284 g/mol. The van der Waals surface area contributed by atoms with Crippen LogP contribution in [0.3, 0.4) is 0 Å². The maximum absolute atomic E-state index is 11.9. The van der Waals surface area contributed by atoms with Gasteiger partial charge in [-0.05, 0) is 24.6 Å². The third-order valence-corrected chi connectivity index (χ3v) is 4.23. The summed E-state index contributed by atoms with van der Waals surface area (Å²) in [7, 11) is 0. The van der Waals surface area contributed by atoms with Gasteiger partial charge in [0, 0.05) is 13.0 Å². The first-order valence-electron chi connectivity index (χ1n) is 7.58. The molecule has 1 aromatic carbocycles. The average molecular weight is 304 g/mol. The van der Waals surface area contributed by atoms with E-state index in [1.807, 2.05) is 29.2 Å². The van der Waals surface area contributed by atoms with E-state index in [4.69, 9.17) is 9.84 Å². The molecule has 1 fully saturated rings. The van der Waals surface area contributed by atoms with Crippen LogP contribution in [0.1, 0.15) is 12.0 Å². The second-order valence-electron chi connectivity index (χ2n) is 5.91. The Balaban J connectivity index is 1.40. The fraction of sp³-hybridized carbons (Fsp3) is 0.500. The highest BCUT2D eigenvalue weighted by molar-refractivity contribution is 5.78. The van der Waals surface area contributed by atoms with Crippen LogP contribution < -0.4 is 10.1 Å². The first kappa shape index (κ1) is 14.8. The van der Waals surface area contributed by atoms with Gasteiger partial charge in [-0.15, -0.1) is 0 Å². The Kier molecular flexibility index (Phi) is 4.29. The number of hydrogen-bond acceptors (Lipinski definition) is 4. The number of benzene rings is 1. The monoisotopic (exact) mass is 304 g/mol.